The zero-order valence-electron chi connectivity index (χ0n) is 5.85. The highest BCUT2D eigenvalue weighted by molar-refractivity contribution is 7.92. The zero-order valence-corrected chi connectivity index (χ0v) is 6.67. The maximum atomic E-state index is 11.6. The Morgan fingerprint density at radius 2 is 1.83 bits per heavy atom. The summed E-state index contributed by atoms with van der Waals surface area (Å²) >= 11 is 0. The summed E-state index contributed by atoms with van der Waals surface area (Å²) in [5.41, 5.74) is -0.553. The van der Waals surface area contributed by atoms with Crippen molar-refractivity contribution in [2.75, 3.05) is 5.75 Å². The van der Waals surface area contributed by atoms with Gasteiger partial charge in [0.25, 0.3) is 0 Å². The van der Waals surface area contributed by atoms with E-state index in [4.69, 9.17) is 11.1 Å². The Bertz CT molecular complexity index is 269. The van der Waals surface area contributed by atoms with E-state index in [0.29, 0.717) is 0 Å². The third-order valence-electron chi connectivity index (χ3n) is 0.993. The fraction of sp³-hybridized carbons (Fsp3) is 0.750. The van der Waals surface area contributed by atoms with Crippen molar-refractivity contribution in [3.63, 3.8) is 0 Å². The molecule has 0 saturated heterocycles. The van der Waals surface area contributed by atoms with E-state index in [1.165, 1.54) is 0 Å². The van der Waals surface area contributed by atoms with Gasteiger partial charge in [-0.05, 0) is 0 Å². The number of alkyl halides is 3. The molecule has 0 aromatic carbocycles. The number of nitrogens with one attached hydrogen (secondary N) is 1. The van der Waals surface area contributed by atoms with Gasteiger partial charge in [-0.3, -0.25) is 5.41 Å². The van der Waals surface area contributed by atoms with Crippen LogP contribution in [0.3, 0.4) is 0 Å². The predicted octanol–water partition coefficient (Wildman–Crippen LogP) is 0.247. The molecular weight excluding hydrogens is 197 g/mol. The Labute approximate surface area is 67.0 Å². The lowest BCUT2D eigenvalue weighted by Gasteiger charge is -2.06. The second-order valence-corrected chi connectivity index (χ2v) is 4.14. The minimum Gasteiger partial charge on any atom is -0.388 e. The van der Waals surface area contributed by atoms with E-state index < -0.39 is 33.4 Å². The minimum atomic E-state index is -5.25. The highest BCUT2D eigenvalue weighted by Crippen LogP contribution is 2.23. The van der Waals surface area contributed by atoms with Crippen LogP contribution in [0.5, 0.6) is 0 Å². The minimum absolute atomic E-state index is 0.581. The lowest BCUT2D eigenvalue weighted by molar-refractivity contribution is -0.0434. The first-order chi connectivity index (χ1) is 5.17. The molecule has 0 rings (SSSR count). The lowest BCUT2D eigenvalue weighted by Crippen LogP contribution is -2.28. The van der Waals surface area contributed by atoms with Gasteiger partial charge in [-0.1, -0.05) is 0 Å². The highest BCUT2D eigenvalue weighted by atomic mass is 32.2. The lowest BCUT2D eigenvalue weighted by atomic mass is 10.5. The highest BCUT2D eigenvalue weighted by Gasteiger charge is 2.44. The third kappa shape index (κ3) is 3.07. The normalized spacial score (nSPS) is 12.9. The van der Waals surface area contributed by atoms with Crippen LogP contribution in [0.25, 0.3) is 0 Å². The van der Waals surface area contributed by atoms with Crippen LogP contribution in [0, 0.1) is 5.41 Å². The van der Waals surface area contributed by atoms with Crippen molar-refractivity contribution in [2.45, 2.75) is 11.9 Å². The molecule has 0 aromatic rings. The summed E-state index contributed by atoms with van der Waals surface area (Å²) in [5.74, 6) is -1.74. The van der Waals surface area contributed by atoms with Gasteiger partial charge in [0.15, 0.2) is 0 Å². The molecule has 0 aromatic heterocycles. The smallest absolute Gasteiger partial charge is 0.388 e. The molecule has 0 saturated carbocycles. The van der Waals surface area contributed by atoms with Crippen LogP contribution in [-0.2, 0) is 9.84 Å². The van der Waals surface area contributed by atoms with E-state index in [2.05, 4.69) is 0 Å². The summed E-state index contributed by atoms with van der Waals surface area (Å²) in [6.07, 6.45) is -0.595. The molecule has 8 heteroatoms. The first-order valence-corrected chi connectivity index (χ1v) is 4.44. The summed E-state index contributed by atoms with van der Waals surface area (Å²) in [7, 11) is -5.11. The maximum absolute atomic E-state index is 11.6. The van der Waals surface area contributed by atoms with Gasteiger partial charge in [-0.25, -0.2) is 8.42 Å². The molecular formula is C4H7F3N2O2S. The van der Waals surface area contributed by atoms with Crippen LogP contribution in [-0.4, -0.2) is 25.5 Å². The Morgan fingerprint density at radius 3 is 2.08 bits per heavy atom. The fourth-order valence-electron chi connectivity index (χ4n) is 0.360. The van der Waals surface area contributed by atoms with Crippen LogP contribution in [0.1, 0.15) is 6.42 Å². The average molecular weight is 204 g/mol. The average Bonchev–Trinajstić information content (AvgIpc) is 1.81. The molecule has 4 nitrogen and oxygen atoms in total. The molecule has 0 aliphatic rings. The predicted molar refractivity (Wildman–Crippen MR) is 36.4 cm³/mol. The number of hydrogen-bond acceptors (Lipinski definition) is 3. The van der Waals surface area contributed by atoms with Crippen LogP contribution in [0.15, 0.2) is 0 Å². The SMILES string of the molecule is N=C(N)CCS(=O)(=O)C(F)(F)F. The fourth-order valence-corrected chi connectivity index (χ4v) is 1.08. The van der Waals surface area contributed by atoms with Crippen molar-refractivity contribution in [1.29, 1.82) is 5.41 Å². The summed E-state index contributed by atoms with van der Waals surface area (Å²) in [6.45, 7) is 0. The van der Waals surface area contributed by atoms with Crippen molar-refractivity contribution in [2.24, 2.45) is 5.73 Å². The second kappa shape index (κ2) is 3.30. The number of rotatable bonds is 3. The third-order valence-corrected chi connectivity index (χ3v) is 2.44. The molecule has 0 fully saturated rings. The van der Waals surface area contributed by atoms with Crippen molar-refractivity contribution in [3.8, 4) is 0 Å². The standard InChI is InChI=1S/C4H7F3N2O2S/c5-4(6,7)12(10,11)2-1-3(8)9/h1-2H2,(H3,8,9). The molecule has 0 radical (unpaired) electrons. The maximum Gasteiger partial charge on any atom is 0.497 e. The van der Waals surface area contributed by atoms with E-state index in [9.17, 15) is 21.6 Å². The largest absolute Gasteiger partial charge is 0.497 e. The van der Waals surface area contributed by atoms with Gasteiger partial charge in [0, 0.05) is 6.42 Å². The topological polar surface area (TPSA) is 84.0 Å². The Hall–Kier alpha value is -0.790. The number of hydrogen-bond donors (Lipinski definition) is 2. The van der Waals surface area contributed by atoms with Crippen molar-refractivity contribution in [1.82, 2.24) is 0 Å². The molecule has 72 valence electrons. The second-order valence-electron chi connectivity index (χ2n) is 2.04. The molecule has 3 N–H and O–H groups in total. The molecule has 0 aliphatic carbocycles. The summed E-state index contributed by atoms with van der Waals surface area (Å²) in [4.78, 5) is 0. The van der Waals surface area contributed by atoms with Gasteiger partial charge in [-0.15, -0.1) is 0 Å². The summed E-state index contributed by atoms with van der Waals surface area (Å²) in [6, 6.07) is 0. The van der Waals surface area contributed by atoms with Crippen molar-refractivity contribution in [3.05, 3.63) is 0 Å². The number of halogens is 3. The van der Waals surface area contributed by atoms with Crippen molar-refractivity contribution >= 4 is 15.7 Å². The molecule has 0 bridgehead atoms. The van der Waals surface area contributed by atoms with E-state index in [1.54, 1.807) is 0 Å². The van der Waals surface area contributed by atoms with E-state index >= 15 is 0 Å². The van der Waals surface area contributed by atoms with E-state index in [-0.39, 0.29) is 0 Å². The zero-order chi connectivity index (χ0) is 9.99. The summed E-state index contributed by atoms with van der Waals surface area (Å²) in [5, 5.41) is 6.52. The van der Waals surface area contributed by atoms with E-state index in [1.807, 2.05) is 0 Å². The first kappa shape index (κ1) is 11.2. The Balaban J connectivity index is 4.37. The monoisotopic (exact) mass is 204 g/mol. The van der Waals surface area contributed by atoms with Gasteiger partial charge in [-0.2, -0.15) is 13.2 Å². The number of amidine groups is 1. The Kier molecular flexibility index (Phi) is 3.08. The van der Waals surface area contributed by atoms with Crippen molar-refractivity contribution < 1.29 is 21.6 Å². The van der Waals surface area contributed by atoms with Gasteiger partial charge in [0.1, 0.15) is 0 Å². The van der Waals surface area contributed by atoms with Gasteiger partial charge in [0.2, 0.25) is 9.84 Å². The van der Waals surface area contributed by atoms with Gasteiger partial charge < -0.3 is 5.73 Å². The molecule has 0 atom stereocenters. The van der Waals surface area contributed by atoms with Crippen LogP contribution < -0.4 is 5.73 Å². The van der Waals surface area contributed by atoms with Crippen LogP contribution >= 0.6 is 0 Å². The number of nitrogens with two attached hydrogens (primary N) is 1. The van der Waals surface area contributed by atoms with Gasteiger partial charge >= 0.3 is 5.51 Å². The van der Waals surface area contributed by atoms with E-state index in [0.717, 1.165) is 0 Å². The molecule has 12 heavy (non-hydrogen) atoms. The van der Waals surface area contributed by atoms with Gasteiger partial charge in [0.05, 0.1) is 11.6 Å². The number of sulfone groups is 1. The van der Waals surface area contributed by atoms with Crippen LogP contribution in [0.4, 0.5) is 13.2 Å². The molecule has 0 spiro atoms. The molecule has 0 heterocycles. The Morgan fingerprint density at radius 1 is 1.42 bits per heavy atom. The first-order valence-electron chi connectivity index (χ1n) is 2.79. The molecule has 0 aliphatic heterocycles. The summed E-state index contributed by atoms with van der Waals surface area (Å²) < 4.78 is 55.3. The molecule has 0 unspecified atom stereocenters. The quantitative estimate of drug-likeness (QED) is 0.510. The van der Waals surface area contributed by atoms with Crippen LogP contribution in [0.2, 0.25) is 0 Å². The molecule has 0 amide bonds.